The molecule has 0 aromatic heterocycles. The van der Waals surface area contributed by atoms with Gasteiger partial charge in [-0.3, -0.25) is 19.2 Å². The zero-order valence-electron chi connectivity index (χ0n) is 13.6. The summed E-state index contributed by atoms with van der Waals surface area (Å²) in [4.78, 5) is 49.8. The maximum Gasteiger partial charge on any atom is 0.239 e. The second kappa shape index (κ2) is 6.97. The Morgan fingerprint density at radius 1 is 1.00 bits per heavy atom. The zero-order chi connectivity index (χ0) is 17.0. The summed E-state index contributed by atoms with van der Waals surface area (Å²) in [5.41, 5.74) is -0.851. The quantitative estimate of drug-likeness (QED) is 0.518. The molecule has 0 saturated carbocycles. The molecule has 8 heteroatoms. The summed E-state index contributed by atoms with van der Waals surface area (Å²) in [5.74, 6) is -1.18. The van der Waals surface area contributed by atoms with Crippen molar-refractivity contribution in [1.82, 2.24) is 20.9 Å². The van der Waals surface area contributed by atoms with Crippen LogP contribution in [0.25, 0.3) is 0 Å². The average molecular weight is 324 g/mol. The van der Waals surface area contributed by atoms with Gasteiger partial charge in [-0.2, -0.15) is 0 Å². The van der Waals surface area contributed by atoms with Crippen LogP contribution in [0, 0.1) is 5.41 Å². The second-order valence-electron chi connectivity index (χ2n) is 6.77. The van der Waals surface area contributed by atoms with Crippen molar-refractivity contribution >= 4 is 23.6 Å². The van der Waals surface area contributed by atoms with Gasteiger partial charge in [0.05, 0.1) is 18.5 Å². The SMILES string of the molecule is CC1(C)CC(=O)NCC(=O)NCC(=O)NC2CCCN(C2)C1=O. The fourth-order valence-corrected chi connectivity index (χ4v) is 2.95. The Bertz CT molecular complexity index is 518. The van der Waals surface area contributed by atoms with Crippen LogP contribution in [0.3, 0.4) is 0 Å². The van der Waals surface area contributed by atoms with E-state index >= 15 is 0 Å². The Labute approximate surface area is 135 Å². The van der Waals surface area contributed by atoms with Crippen LogP contribution < -0.4 is 16.0 Å². The highest BCUT2D eigenvalue weighted by molar-refractivity contribution is 5.91. The molecular weight excluding hydrogens is 300 g/mol. The van der Waals surface area contributed by atoms with Gasteiger partial charge in [-0.1, -0.05) is 13.8 Å². The van der Waals surface area contributed by atoms with Gasteiger partial charge < -0.3 is 20.9 Å². The maximum atomic E-state index is 12.7. The van der Waals surface area contributed by atoms with E-state index < -0.39 is 11.3 Å². The van der Waals surface area contributed by atoms with Crippen molar-refractivity contribution in [3.8, 4) is 0 Å². The van der Waals surface area contributed by atoms with Gasteiger partial charge in [-0.05, 0) is 12.8 Å². The first-order valence-electron chi connectivity index (χ1n) is 7.90. The highest BCUT2D eigenvalue weighted by Gasteiger charge is 2.36. The van der Waals surface area contributed by atoms with Crippen LogP contribution in [-0.4, -0.2) is 60.7 Å². The van der Waals surface area contributed by atoms with Crippen LogP contribution in [0.15, 0.2) is 0 Å². The summed E-state index contributed by atoms with van der Waals surface area (Å²) in [6.45, 7) is 4.18. The van der Waals surface area contributed by atoms with Crippen molar-refractivity contribution in [2.75, 3.05) is 26.2 Å². The molecule has 23 heavy (non-hydrogen) atoms. The third-order valence-corrected chi connectivity index (χ3v) is 4.15. The smallest absolute Gasteiger partial charge is 0.239 e. The van der Waals surface area contributed by atoms with Crippen molar-refractivity contribution in [3.63, 3.8) is 0 Å². The summed E-state index contributed by atoms with van der Waals surface area (Å²) in [5, 5.41) is 7.79. The van der Waals surface area contributed by atoms with Gasteiger partial charge in [0.2, 0.25) is 23.6 Å². The number of nitrogens with one attached hydrogen (secondary N) is 3. The summed E-state index contributed by atoms with van der Waals surface area (Å²) < 4.78 is 0. The van der Waals surface area contributed by atoms with Crippen LogP contribution in [0.1, 0.15) is 33.1 Å². The molecular formula is C15H24N4O4. The van der Waals surface area contributed by atoms with E-state index in [0.29, 0.717) is 13.1 Å². The number of piperidine rings is 1. The summed E-state index contributed by atoms with van der Waals surface area (Å²) in [6.07, 6.45) is 1.61. The number of fused-ring (bicyclic) bond motifs is 2. The minimum absolute atomic E-state index is 0.0205. The van der Waals surface area contributed by atoms with Crippen LogP contribution in [-0.2, 0) is 19.2 Å². The lowest BCUT2D eigenvalue weighted by atomic mass is 9.86. The molecule has 2 heterocycles. The number of carbonyl (C=O) groups is 4. The molecule has 2 aliphatic heterocycles. The topological polar surface area (TPSA) is 108 Å². The Hall–Kier alpha value is -2.12. The van der Waals surface area contributed by atoms with Crippen molar-refractivity contribution < 1.29 is 19.2 Å². The monoisotopic (exact) mass is 324 g/mol. The molecule has 0 aromatic rings. The number of carbonyl (C=O) groups excluding carboxylic acids is 4. The van der Waals surface area contributed by atoms with E-state index in [0.717, 1.165) is 12.8 Å². The van der Waals surface area contributed by atoms with Gasteiger partial charge in [0.25, 0.3) is 0 Å². The molecule has 2 rings (SSSR count). The fraction of sp³-hybridized carbons (Fsp3) is 0.733. The van der Waals surface area contributed by atoms with E-state index in [1.165, 1.54) is 0 Å². The van der Waals surface area contributed by atoms with Crippen molar-refractivity contribution in [2.24, 2.45) is 5.41 Å². The minimum Gasteiger partial charge on any atom is -0.350 e. The molecule has 0 radical (unpaired) electrons. The Kier molecular flexibility index (Phi) is 5.23. The zero-order valence-corrected chi connectivity index (χ0v) is 13.6. The molecule has 0 aliphatic carbocycles. The van der Waals surface area contributed by atoms with E-state index in [1.54, 1.807) is 18.7 Å². The highest BCUT2D eigenvalue weighted by Crippen LogP contribution is 2.25. The van der Waals surface area contributed by atoms with Gasteiger partial charge >= 0.3 is 0 Å². The molecule has 3 N–H and O–H groups in total. The van der Waals surface area contributed by atoms with Gasteiger partial charge in [0, 0.05) is 25.6 Å². The summed E-state index contributed by atoms with van der Waals surface area (Å²) in [7, 11) is 0. The number of hydrogen-bond donors (Lipinski definition) is 3. The molecule has 0 aromatic carbocycles. The van der Waals surface area contributed by atoms with E-state index in [-0.39, 0.29) is 43.3 Å². The summed E-state index contributed by atoms with van der Waals surface area (Å²) >= 11 is 0. The first-order valence-corrected chi connectivity index (χ1v) is 7.90. The minimum atomic E-state index is -0.851. The molecule has 4 amide bonds. The van der Waals surface area contributed by atoms with Crippen molar-refractivity contribution in [1.29, 1.82) is 0 Å². The van der Waals surface area contributed by atoms with Crippen LogP contribution >= 0.6 is 0 Å². The fourth-order valence-electron chi connectivity index (χ4n) is 2.95. The first-order chi connectivity index (χ1) is 10.8. The molecule has 8 nitrogen and oxygen atoms in total. The van der Waals surface area contributed by atoms with Gasteiger partial charge in [0.15, 0.2) is 0 Å². The average Bonchev–Trinajstić information content (AvgIpc) is 2.49. The standard InChI is InChI=1S/C15H24N4O4/c1-15(2)6-11(20)16-7-12(21)17-8-13(22)18-10-4-3-5-19(9-10)14(15)23/h10H,3-9H2,1-2H3,(H,16,20)(H,17,21)(H,18,22). The van der Waals surface area contributed by atoms with Gasteiger partial charge in [-0.15, -0.1) is 0 Å². The second-order valence-corrected chi connectivity index (χ2v) is 6.77. The van der Waals surface area contributed by atoms with Crippen molar-refractivity contribution in [2.45, 2.75) is 39.2 Å². The number of hydrogen-bond acceptors (Lipinski definition) is 4. The largest absolute Gasteiger partial charge is 0.350 e. The van der Waals surface area contributed by atoms with Gasteiger partial charge in [0.1, 0.15) is 0 Å². The van der Waals surface area contributed by atoms with E-state index in [4.69, 9.17) is 0 Å². The number of amides is 4. The highest BCUT2D eigenvalue weighted by atomic mass is 16.2. The van der Waals surface area contributed by atoms with E-state index in [9.17, 15) is 19.2 Å². The summed E-state index contributed by atoms with van der Waals surface area (Å²) in [6, 6.07) is -0.121. The predicted octanol–water partition coefficient (Wildman–Crippen LogP) is -1.24. The third kappa shape index (κ3) is 4.67. The predicted molar refractivity (Wildman–Crippen MR) is 82.2 cm³/mol. The normalized spacial score (nSPS) is 26.7. The molecule has 2 bridgehead atoms. The first kappa shape index (κ1) is 17.2. The molecule has 2 saturated heterocycles. The lowest BCUT2D eigenvalue weighted by molar-refractivity contribution is -0.145. The number of rotatable bonds is 0. The number of nitrogens with zero attached hydrogens (tertiary/aromatic N) is 1. The lowest BCUT2D eigenvalue weighted by Gasteiger charge is -2.37. The maximum absolute atomic E-state index is 12.7. The molecule has 2 fully saturated rings. The third-order valence-electron chi connectivity index (χ3n) is 4.15. The molecule has 1 unspecified atom stereocenters. The van der Waals surface area contributed by atoms with E-state index in [1.807, 2.05) is 0 Å². The van der Waals surface area contributed by atoms with Crippen LogP contribution in [0.2, 0.25) is 0 Å². The van der Waals surface area contributed by atoms with E-state index in [2.05, 4.69) is 16.0 Å². The molecule has 128 valence electrons. The van der Waals surface area contributed by atoms with Gasteiger partial charge in [-0.25, -0.2) is 0 Å². The van der Waals surface area contributed by atoms with Crippen LogP contribution in [0.5, 0.6) is 0 Å². The Morgan fingerprint density at radius 2 is 1.65 bits per heavy atom. The molecule has 1 atom stereocenters. The van der Waals surface area contributed by atoms with Crippen molar-refractivity contribution in [3.05, 3.63) is 0 Å². The Morgan fingerprint density at radius 3 is 2.39 bits per heavy atom. The van der Waals surface area contributed by atoms with Crippen LogP contribution in [0.4, 0.5) is 0 Å². The lowest BCUT2D eigenvalue weighted by Crippen LogP contribution is -2.55. The molecule has 2 aliphatic rings. The Balaban J connectivity index is 2.15. The molecule has 0 spiro atoms.